The topological polar surface area (TPSA) is 0 Å². The summed E-state index contributed by atoms with van der Waals surface area (Å²) < 4.78 is 0. The van der Waals surface area contributed by atoms with Gasteiger partial charge in [-0.15, -0.1) is 0 Å². The fourth-order valence-electron chi connectivity index (χ4n) is 3.33. The lowest BCUT2D eigenvalue weighted by atomic mass is 10.1. The molecule has 1 radical (unpaired) electrons. The molecule has 0 atom stereocenters. The van der Waals surface area contributed by atoms with Crippen molar-refractivity contribution in [2.75, 3.05) is 0 Å². The highest BCUT2D eigenvalue weighted by Gasteiger charge is 2.23. The summed E-state index contributed by atoms with van der Waals surface area (Å²) in [6.45, 7) is 8.71. The zero-order valence-electron chi connectivity index (χ0n) is 14.7. The van der Waals surface area contributed by atoms with Gasteiger partial charge in [0.25, 0.3) is 0 Å². The summed E-state index contributed by atoms with van der Waals surface area (Å²) in [4.78, 5) is 0. The molecule has 0 amide bonds. The van der Waals surface area contributed by atoms with Crippen LogP contribution in [0.2, 0.25) is 5.02 Å². The molecule has 3 rings (SSSR count). The molecular formula is C22H22ClSi. The van der Waals surface area contributed by atoms with Crippen LogP contribution < -0.4 is 15.6 Å². The van der Waals surface area contributed by atoms with E-state index in [1.807, 2.05) is 12.1 Å². The van der Waals surface area contributed by atoms with E-state index >= 15 is 0 Å². The third-order valence-corrected chi connectivity index (χ3v) is 7.73. The standard InChI is InChI=1S/C22H22ClSi/c1-15-9-10-21(18(4)12-15)24(22-8-6-5-7-20(22)23)19-13-16(2)11-17(3)14-19/h5-14H,1-4H3. The van der Waals surface area contributed by atoms with E-state index in [2.05, 4.69) is 76.2 Å². The molecule has 0 spiro atoms. The van der Waals surface area contributed by atoms with Gasteiger partial charge in [-0.2, -0.15) is 0 Å². The molecule has 24 heavy (non-hydrogen) atoms. The molecule has 0 bridgehead atoms. The van der Waals surface area contributed by atoms with E-state index in [1.165, 1.54) is 37.8 Å². The fraction of sp³-hybridized carbons (Fsp3) is 0.182. The third kappa shape index (κ3) is 3.48. The predicted octanol–water partition coefficient (Wildman–Crippen LogP) is 4.09. The van der Waals surface area contributed by atoms with Gasteiger partial charge in [0.15, 0.2) is 8.80 Å². The zero-order chi connectivity index (χ0) is 17.3. The van der Waals surface area contributed by atoms with Gasteiger partial charge in [0.1, 0.15) is 0 Å². The Morgan fingerprint density at radius 3 is 1.96 bits per heavy atom. The van der Waals surface area contributed by atoms with Crippen LogP contribution in [0.3, 0.4) is 0 Å². The molecule has 0 fully saturated rings. The van der Waals surface area contributed by atoms with Gasteiger partial charge in [-0.05, 0) is 44.1 Å². The molecule has 0 N–H and O–H groups in total. The van der Waals surface area contributed by atoms with E-state index in [0.717, 1.165) is 5.02 Å². The van der Waals surface area contributed by atoms with Crippen LogP contribution in [-0.2, 0) is 0 Å². The van der Waals surface area contributed by atoms with Gasteiger partial charge in [0.2, 0.25) is 0 Å². The molecule has 0 nitrogen and oxygen atoms in total. The monoisotopic (exact) mass is 349 g/mol. The average molecular weight is 350 g/mol. The number of aryl methyl sites for hydroxylation is 4. The van der Waals surface area contributed by atoms with Gasteiger partial charge in [-0.1, -0.05) is 93.6 Å². The van der Waals surface area contributed by atoms with Crippen LogP contribution in [0.4, 0.5) is 0 Å². The van der Waals surface area contributed by atoms with E-state index in [4.69, 9.17) is 11.6 Å². The molecule has 0 saturated carbocycles. The smallest absolute Gasteiger partial charge is 0.0845 e. The van der Waals surface area contributed by atoms with Crippen molar-refractivity contribution < 1.29 is 0 Å². The summed E-state index contributed by atoms with van der Waals surface area (Å²) in [6.07, 6.45) is 0. The average Bonchev–Trinajstić information content (AvgIpc) is 2.50. The van der Waals surface area contributed by atoms with Crippen molar-refractivity contribution in [1.29, 1.82) is 0 Å². The van der Waals surface area contributed by atoms with Crippen LogP contribution in [0.15, 0.2) is 60.7 Å². The predicted molar refractivity (Wildman–Crippen MR) is 108 cm³/mol. The first kappa shape index (κ1) is 17.0. The van der Waals surface area contributed by atoms with Gasteiger partial charge in [0.05, 0.1) is 0 Å². The van der Waals surface area contributed by atoms with Crippen molar-refractivity contribution >= 4 is 36.0 Å². The number of hydrogen-bond donors (Lipinski definition) is 0. The Labute approximate surface area is 151 Å². The lowest BCUT2D eigenvalue weighted by Gasteiger charge is -2.21. The minimum Gasteiger partial charge on any atom is -0.0845 e. The van der Waals surface area contributed by atoms with E-state index in [-0.39, 0.29) is 0 Å². The first-order chi connectivity index (χ1) is 11.5. The Kier molecular flexibility index (Phi) is 4.93. The second-order valence-corrected chi connectivity index (χ2v) is 9.36. The molecule has 0 saturated heterocycles. The molecular weight excluding hydrogens is 328 g/mol. The Hall–Kier alpha value is -1.83. The number of benzene rings is 3. The van der Waals surface area contributed by atoms with E-state index in [9.17, 15) is 0 Å². The van der Waals surface area contributed by atoms with Crippen LogP contribution >= 0.6 is 11.6 Å². The van der Waals surface area contributed by atoms with Crippen molar-refractivity contribution in [2.45, 2.75) is 27.7 Å². The fourth-order valence-corrected chi connectivity index (χ4v) is 6.71. The first-order valence-corrected chi connectivity index (χ1v) is 10.1. The van der Waals surface area contributed by atoms with Crippen molar-refractivity contribution in [2.24, 2.45) is 0 Å². The third-order valence-electron chi connectivity index (χ3n) is 4.30. The number of rotatable bonds is 3. The molecule has 0 aliphatic heterocycles. The van der Waals surface area contributed by atoms with Crippen LogP contribution in [0.25, 0.3) is 0 Å². The Morgan fingerprint density at radius 2 is 1.33 bits per heavy atom. The van der Waals surface area contributed by atoms with Crippen LogP contribution in [0.1, 0.15) is 22.3 Å². The summed E-state index contributed by atoms with van der Waals surface area (Å²) in [5, 5.41) is 4.95. The first-order valence-electron chi connectivity index (χ1n) is 8.24. The van der Waals surface area contributed by atoms with E-state index in [0.29, 0.717) is 0 Å². The van der Waals surface area contributed by atoms with Crippen molar-refractivity contribution in [3.8, 4) is 0 Å². The van der Waals surface area contributed by atoms with Crippen molar-refractivity contribution in [3.63, 3.8) is 0 Å². The second kappa shape index (κ2) is 6.96. The molecule has 3 aromatic carbocycles. The minimum absolute atomic E-state index is 0.866. The van der Waals surface area contributed by atoms with Gasteiger partial charge < -0.3 is 0 Å². The molecule has 0 aliphatic rings. The maximum Gasteiger partial charge on any atom is 0.156 e. The van der Waals surface area contributed by atoms with Crippen molar-refractivity contribution in [3.05, 3.63) is 87.9 Å². The highest BCUT2D eigenvalue weighted by molar-refractivity contribution is 6.96. The molecule has 121 valence electrons. The van der Waals surface area contributed by atoms with E-state index < -0.39 is 8.80 Å². The molecule has 0 aliphatic carbocycles. The summed E-state index contributed by atoms with van der Waals surface area (Å²) in [6, 6.07) is 22.0. The van der Waals surface area contributed by atoms with Crippen LogP contribution in [0, 0.1) is 27.7 Å². The normalized spacial score (nSPS) is 11.1. The molecule has 0 unspecified atom stereocenters. The van der Waals surface area contributed by atoms with Gasteiger partial charge >= 0.3 is 0 Å². The highest BCUT2D eigenvalue weighted by Crippen LogP contribution is 2.10. The lowest BCUT2D eigenvalue weighted by Crippen LogP contribution is -2.53. The molecule has 0 heterocycles. The maximum atomic E-state index is 6.61. The second-order valence-electron chi connectivity index (χ2n) is 6.55. The van der Waals surface area contributed by atoms with Crippen LogP contribution in [-0.4, -0.2) is 8.80 Å². The zero-order valence-corrected chi connectivity index (χ0v) is 16.4. The summed E-state index contributed by atoms with van der Waals surface area (Å²) in [5.41, 5.74) is 5.27. The van der Waals surface area contributed by atoms with E-state index in [1.54, 1.807) is 0 Å². The highest BCUT2D eigenvalue weighted by atomic mass is 35.5. The Morgan fingerprint density at radius 1 is 0.667 bits per heavy atom. The molecule has 2 heteroatoms. The summed E-state index contributed by atoms with van der Waals surface area (Å²) in [5.74, 6) is 0. The minimum atomic E-state index is -1.13. The van der Waals surface area contributed by atoms with Gasteiger partial charge in [0, 0.05) is 5.02 Å². The van der Waals surface area contributed by atoms with Gasteiger partial charge in [-0.25, -0.2) is 0 Å². The summed E-state index contributed by atoms with van der Waals surface area (Å²) in [7, 11) is -1.13. The van der Waals surface area contributed by atoms with Crippen LogP contribution in [0.5, 0.6) is 0 Å². The molecule has 0 aromatic heterocycles. The Bertz CT molecular complexity index is 863. The summed E-state index contributed by atoms with van der Waals surface area (Å²) >= 11 is 6.61. The Balaban J connectivity index is 2.27. The SMILES string of the molecule is Cc1cc(C)cc([Si](c2ccc(C)cc2C)c2ccccc2Cl)c1. The maximum absolute atomic E-state index is 6.61. The number of halogens is 1. The largest absolute Gasteiger partial charge is 0.156 e. The lowest BCUT2D eigenvalue weighted by molar-refractivity contribution is 1.39. The quantitative estimate of drug-likeness (QED) is 0.493. The van der Waals surface area contributed by atoms with Gasteiger partial charge in [-0.3, -0.25) is 0 Å². The molecule has 3 aromatic rings. The number of hydrogen-bond acceptors (Lipinski definition) is 0. The van der Waals surface area contributed by atoms with Crippen molar-refractivity contribution in [1.82, 2.24) is 0 Å².